The summed E-state index contributed by atoms with van der Waals surface area (Å²) in [5, 5.41) is 7.68. The van der Waals surface area contributed by atoms with Gasteiger partial charge < -0.3 is 15.5 Å². The second kappa shape index (κ2) is 5.92. The minimum Gasteiger partial charge on any atom is -0.384 e. The quantitative estimate of drug-likeness (QED) is 0.659. The van der Waals surface area contributed by atoms with Crippen LogP contribution in [-0.4, -0.2) is 44.5 Å². The van der Waals surface area contributed by atoms with Gasteiger partial charge in [0.2, 0.25) is 0 Å². The molecule has 104 valence electrons. The third kappa shape index (κ3) is 3.48. The average Bonchev–Trinajstić information content (AvgIpc) is 2.74. The first-order chi connectivity index (χ1) is 8.97. The van der Waals surface area contributed by atoms with Gasteiger partial charge in [-0.25, -0.2) is 0 Å². The molecule has 3 N–H and O–H groups in total. The molecule has 1 saturated heterocycles. The fraction of sp³-hybridized carbons (Fsp3) is 0.500. The van der Waals surface area contributed by atoms with Crippen molar-refractivity contribution in [3.63, 3.8) is 0 Å². The monoisotopic (exact) mass is 324 g/mol. The highest BCUT2D eigenvalue weighted by Crippen LogP contribution is 2.26. The molecule has 0 aliphatic carbocycles. The van der Waals surface area contributed by atoms with E-state index in [4.69, 9.17) is 11.1 Å². The molecule has 1 aliphatic heterocycles. The Kier molecular flexibility index (Phi) is 4.47. The van der Waals surface area contributed by atoms with Gasteiger partial charge in [0.05, 0.1) is 0 Å². The van der Waals surface area contributed by atoms with Crippen molar-refractivity contribution < 1.29 is 0 Å². The van der Waals surface area contributed by atoms with Crippen LogP contribution >= 0.6 is 15.9 Å². The van der Waals surface area contributed by atoms with Gasteiger partial charge >= 0.3 is 0 Å². The Hall–Kier alpha value is -1.07. The van der Waals surface area contributed by atoms with Gasteiger partial charge in [-0.15, -0.1) is 0 Å². The molecule has 1 aliphatic rings. The van der Waals surface area contributed by atoms with Crippen molar-refractivity contribution in [1.29, 1.82) is 5.41 Å². The summed E-state index contributed by atoms with van der Waals surface area (Å²) < 4.78 is 1.02. The van der Waals surface area contributed by atoms with E-state index in [9.17, 15) is 0 Å². The number of hydrogen-bond acceptors (Lipinski definition) is 3. The lowest BCUT2D eigenvalue weighted by Crippen LogP contribution is -2.29. The largest absolute Gasteiger partial charge is 0.384 e. The highest BCUT2D eigenvalue weighted by atomic mass is 79.9. The Bertz CT molecular complexity index is 475. The highest BCUT2D eigenvalue weighted by Gasteiger charge is 2.22. The topological polar surface area (TPSA) is 56.4 Å². The molecule has 5 heteroatoms. The molecule has 0 bridgehead atoms. The van der Waals surface area contributed by atoms with E-state index in [1.54, 1.807) is 0 Å². The van der Waals surface area contributed by atoms with Crippen molar-refractivity contribution in [2.45, 2.75) is 6.42 Å². The summed E-state index contributed by atoms with van der Waals surface area (Å²) in [7, 11) is 4.24. The molecule has 1 fully saturated rings. The first kappa shape index (κ1) is 14.3. The van der Waals surface area contributed by atoms with Crippen molar-refractivity contribution in [3.8, 4) is 0 Å². The van der Waals surface area contributed by atoms with Crippen LogP contribution in [0.5, 0.6) is 0 Å². The molecule has 1 aromatic rings. The van der Waals surface area contributed by atoms with E-state index in [0.29, 0.717) is 5.92 Å². The molecule has 19 heavy (non-hydrogen) atoms. The Balaban J connectivity index is 2.15. The van der Waals surface area contributed by atoms with Gasteiger partial charge in [-0.1, -0.05) is 15.9 Å². The zero-order chi connectivity index (χ0) is 14.0. The molecule has 0 radical (unpaired) electrons. The van der Waals surface area contributed by atoms with Crippen LogP contribution in [0.4, 0.5) is 5.69 Å². The molecule has 1 unspecified atom stereocenters. The summed E-state index contributed by atoms with van der Waals surface area (Å²) in [5.41, 5.74) is 7.49. The zero-order valence-corrected chi connectivity index (χ0v) is 13.1. The number of anilines is 1. The number of nitrogens with two attached hydrogens (primary N) is 1. The number of nitrogen functional groups attached to an aromatic ring is 1. The van der Waals surface area contributed by atoms with Crippen molar-refractivity contribution >= 4 is 27.5 Å². The highest BCUT2D eigenvalue weighted by molar-refractivity contribution is 9.10. The predicted molar refractivity (Wildman–Crippen MR) is 84.0 cm³/mol. The minimum atomic E-state index is 0.123. The summed E-state index contributed by atoms with van der Waals surface area (Å²) in [5.74, 6) is 0.812. The smallest absolute Gasteiger partial charge is 0.124 e. The maximum Gasteiger partial charge on any atom is 0.124 e. The Labute approximate surface area is 123 Å². The van der Waals surface area contributed by atoms with Gasteiger partial charge in [0.1, 0.15) is 5.84 Å². The van der Waals surface area contributed by atoms with E-state index in [-0.39, 0.29) is 5.84 Å². The number of benzene rings is 1. The number of nitrogens with one attached hydrogen (secondary N) is 1. The zero-order valence-electron chi connectivity index (χ0n) is 11.5. The molecule has 0 amide bonds. The average molecular weight is 325 g/mol. The summed E-state index contributed by atoms with van der Waals surface area (Å²) in [6.45, 7) is 3.32. The number of nitrogens with zero attached hydrogens (tertiary/aromatic N) is 2. The molecule has 1 aromatic carbocycles. The van der Waals surface area contributed by atoms with E-state index >= 15 is 0 Å². The molecule has 4 nitrogen and oxygen atoms in total. The minimum absolute atomic E-state index is 0.123. The van der Waals surface area contributed by atoms with Crippen molar-refractivity contribution in [2.75, 3.05) is 38.6 Å². The van der Waals surface area contributed by atoms with E-state index in [0.717, 1.165) is 28.8 Å². The number of hydrogen-bond donors (Lipinski definition) is 2. The maximum absolute atomic E-state index is 7.68. The molecular formula is C14H21BrN4. The second-order valence-electron chi connectivity index (χ2n) is 5.37. The van der Waals surface area contributed by atoms with Crippen molar-refractivity contribution in [1.82, 2.24) is 4.90 Å². The van der Waals surface area contributed by atoms with E-state index in [1.807, 2.05) is 18.2 Å². The SMILES string of the molecule is CN1CCC(CN(C)c2cc(Br)ccc2C(=N)N)C1. The molecule has 0 saturated carbocycles. The lowest BCUT2D eigenvalue weighted by molar-refractivity contribution is 0.396. The summed E-state index contributed by atoms with van der Waals surface area (Å²) in [6, 6.07) is 5.87. The van der Waals surface area contributed by atoms with Crippen LogP contribution in [0.25, 0.3) is 0 Å². The van der Waals surface area contributed by atoms with Gasteiger partial charge in [0.25, 0.3) is 0 Å². The summed E-state index contributed by atoms with van der Waals surface area (Å²) in [4.78, 5) is 4.58. The van der Waals surface area contributed by atoms with E-state index in [2.05, 4.69) is 39.8 Å². The van der Waals surface area contributed by atoms with Gasteiger partial charge in [0.15, 0.2) is 0 Å². The van der Waals surface area contributed by atoms with E-state index in [1.165, 1.54) is 13.0 Å². The predicted octanol–water partition coefficient (Wildman–Crippen LogP) is 2.12. The normalized spacial score (nSPS) is 19.6. The van der Waals surface area contributed by atoms with Crippen LogP contribution in [0.2, 0.25) is 0 Å². The first-order valence-electron chi connectivity index (χ1n) is 6.51. The molecule has 1 heterocycles. The maximum atomic E-state index is 7.68. The number of rotatable bonds is 4. The lowest BCUT2D eigenvalue weighted by Gasteiger charge is -2.25. The molecule has 1 atom stereocenters. The van der Waals surface area contributed by atoms with Crippen LogP contribution in [0.15, 0.2) is 22.7 Å². The molecule has 0 spiro atoms. The number of amidine groups is 1. The van der Waals surface area contributed by atoms with Gasteiger partial charge in [-0.3, -0.25) is 5.41 Å². The van der Waals surface area contributed by atoms with Crippen LogP contribution < -0.4 is 10.6 Å². The fourth-order valence-electron chi connectivity index (χ4n) is 2.71. The summed E-state index contributed by atoms with van der Waals surface area (Å²) >= 11 is 3.49. The van der Waals surface area contributed by atoms with Gasteiger partial charge in [0, 0.05) is 35.9 Å². The Morgan fingerprint density at radius 1 is 1.58 bits per heavy atom. The lowest BCUT2D eigenvalue weighted by atomic mass is 10.1. The van der Waals surface area contributed by atoms with Gasteiger partial charge in [-0.2, -0.15) is 0 Å². The van der Waals surface area contributed by atoms with Crippen molar-refractivity contribution in [3.05, 3.63) is 28.2 Å². The number of likely N-dealkylation sites (tertiary alicyclic amines) is 1. The van der Waals surface area contributed by atoms with Gasteiger partial charge in [-0.05, 0) is 44.1 Å². The third-order valence-corrected chi connectivity index (χ3v) is 4.18. The first-order valence-corrected chi connectivity index (χ1v) is 7.30. The molecular weight excluding hydrogens is 304 g/mol. The van der Waals surface area contributed by atoms with Crippen LogP contribution in [0.3, 0.4) is 0 Å². The second-order valence-corrected chi connectivity index (χ2v) is 6.29. The Morgan fingerprint density at radius 2 is 2.32 bits per heavy atom. The van der Waals surface area contributed by atoms with Crippen molar-refractivity contribution in [2.24, 2.45) is 11.7 Å². The molecule has 2 rings (SSSR count). The Morgan fingerprint density at radius 3 is 2.89 bits per heavy atom. The summed E-state index contributed by atoms with van der Waals surface area (Å²) in [6.07, 6.45) is 1.24. The van der Waals surface area contributed by atoms with Crippen LogP contribution in [0, 0.1) is 11.3 Å². The molecule has 0 aromatic heterocycles. The third-order valence-electron chi connectivity index (χ3n) is 3.68. The van der Waals surface area contributed by atoms with Crippen LogP contribution in [-0.2, 0) is 0 Å². The standard InChI is InChI=1S/C14H21BrN4/c1-18-6-5-10(8-18)9-19(2)13-7-11(15)3-4-12(13)14(16)17/h3-4,7,10H,5-6,8-9H2,1-2H3,(H3,16,17). The number of halogens is 1. The van der Waals surface area contributed by atoms with E-state index < -0.39 is 0 Å². The van der Waals surface area contributed by atoms with Crippen LogP contribution in [0.1, 0.15) is 12.0 Å². The fourth-order valence-corrected chi connectivity index (χ4v) is 3.06.